The summed E-state index contributed by atoms with van der Waals surface area (Å²) in [6.07, 6.45) is 1.58. The summed E-state index contributed by atoms with van der Waals surface area (Å²) >= 11 is 6.21. The summed E-state index contributed by atoms with van der Waals surface area (Å²) < 4.78 is 0. The fraction of sp³-hybridized carbons (Fsp3) is 0.500. The Bertz CT molecular complexity index is 583. The molecule has 1 aliphatic rings. The number of hydrogen-bond acceptors (Lipinski definition) is 2. The SMILES string of the molecule is Cc1cccc(C(=O)N2CCCC(C)(C)C2C(=O)O)c1Cl. The first-order valence-electron chi connectivity index (χ1n) is 7.04. The Morgan fingerprint density at radius 2 is 2.05 bits per heavy atom. The van der Waals surface area contributed by atoms with Gasteiger partial charge >= 0.3 is 5.97 Å². The fourth-order valence-electron chi connectivity index (χ4n) is 3.05. The number of aryl methyl sites for hydroxylation is 1. The number of carbonyl (C=O) groups is 2. The molecule has 4 nitrogen and oxygen atoms in total. The van der Waals surface area contributed by atoms with Gasteiger partial charge in [-0.15, -0.1) is 0 Å². The molecule has 1 aromatic rings. The number of aliphatic carboxylic acids is 1. The van der Waals surface area contributed by atoms with Crippen LogP contribution in [0.3, 0.4) is 0 Å². The number of carboxylic acid groups (broad SMARTS) is 1. The highest BCUT2D eigenvalue weighted by Crippen LogP contribution is 2.36. The van der Waals surface area contributed by atoms with Crippen LogP contribution in [-0.4, -0.2) is 34.5 Å². The van der Waals surface area contributed by atoms with Crippen molar-refractivity contribution < 1.29 is 14.7 Å². The predicted molar refractivity (Wildman–Crippen MR) is 81.7 cm³/mol. The molecule has 0 radical (unpaired) electrons. The first kappa shape index (κ1) is 15.8. The molecular weight excluding hydrogens is 290 g/mol. The molecule has 1 unspecified atom stereocenters. The minimum absolute atomic E-state index is 0.302. The number of nitrogens with zero attached hydrogens (tertiary/aromatic N) is 1. The van der Waals surface area contributed by atoms with Crippen molar-refractivity contribution in [2.75, 3.05) is 6.54 Å². The van der Waals surface area contributed by atoms with E-state index in [1.165, 1.54) is 4.90 Å². The molecule has 0 aromatic heterocycles. The highest BCUT2D eigenvalue weighted by atomic mass is 35.5. The number of piperidine rings is 1. The molecule has 0 spiro atoms. The summed E-state index contributed by atoms with van der Waals surface area (Å²) in [6, 6.07) is 4.42. The Hall–Kier alpha value is -1.55. The third-order valence-electron chi connectivity index (χ3n) is 4.19. The molecule has 0 bridgehead atoms. The van der Waals surface area contributed by atoms with Gasteiger partial charge in [-0.2, -0.15) is 0 Å². The Morgan fingerprint density at radius 1 is 1.38 bits per heavy atom. The number of halogens is 1. The predicted octanol–water partition coefficient (Wildman–Crippen LogP) is 3.36. The molecule has 0 aliphatic carbocycles. The normalized spacial score (nSPS) is 21.1. The lowest BCUT2D eigenvalue weighted by Crippen LogP contribution is -2.56. The van der Waals surface area contributed by atoms with Gasteiger partial charge in [0, 0.05) is 6.54 Å². The monoisotopic (exact) mass is 309 g/mol. The van der Waals surface area contributed by atoms with E-state index < -0.39 is 17.4 Å². The van der Waals surface area contributed by atoms with Crippen LogP contribution in [0.4, 0.5) is 0 Å². The smallest absolute Gasteiger partial charge is 0.326 e. The van der Waals surface area contributed by atoms with Crippen molar-refractivity contribution >= 4 is 23.5 Å². The molecule has 1 aliphatic heterocycles. The van der Waals surface area contributed by atoms with Crippen molar-refractivity contribution in [1.29, 1.82) is 0 Å². The van der Waals surface area contributed by atoms with E-state index in [9.17, 15) is 14.7 Å². The zero-order chi connectivity index (χ0) is 15.8. The number of likely N-dealkylation sites (tertiary alicyclic amines) is 1. The maximum absolute atomic E-state index is 12.8. The van der Waals surface area contributed by atoms with Gasteiger partial charge in [0.1, 0.15) is 6.04 Å². The topological polar surface area (TPSA) is 57.6 Å². The van der Waals surface area contributed by atoms with Crippen LogP contribution < -0.4 is 0 Å². The summed E-state index contributed by atoms with van der Waals surface area (Å²) in [6.45, 7) is 6.06. The molecule has 1 heterocycles. The standard InChI is InChI=1S/C16H20ClNO3/c1-10-6-4-7-11(12(10)17)14(19)18-9-5-8-16(2,3)13(18)15(20)21/h4,6-7,13H,5,8-9H2,1-3H3,(H,20,21). The van der Waals surface area contributed by atoms with Gasteiger partial charge in [-0.1, -0.05) is 37.6 Å². The van der Waals surface area contributed by atoms with E-state index in [-0.39, 0.29) is 5.91 Å². The van der Waals surface area contributed by atoms with Crippen LogP contribution in [-0.2, 0) is 4.79 Å². The van der Waals surface area contributed by atoms with E-state index >= 15 is 0 Å². The number of benzene rings is 1. The van der Waals surface area contributed by atoms with Crippen molar-refractivity contribution in [1.82, 2.24) is 4.90 Å². The van der Waals surface area contributed by atoms with Gasteiger partial charge in [-0.3, -0.25) is 4.79 Å². The molecule has 1 aromatic carbocycles. The molecular formula is C16H20ClNO3. The number of carbonyl (C=O) groups excluding carboxylic acids is 1. The molecule has 0 saturated carbocycles. The van der Waals surface area contributed by atoms with Crippen LogP contribution in [0.2, 0.25) is 5.02 Å². The zero-order valence-electron chi connectivity index (χ0n) is 12.5. The fourth-order valence-corrected chi connectivity index (χ4v) is 3.25. The van der Waals surface area contributed by atoms with Gasteiger partial charge in [-0.05, 0) is 36.8 Å². The Labute approximate surface area is 129 Å². The van der Waals surface area contributed by atoms with Gasteiger partial charge in [0.25, 0.3) is 5.91 Å². The van der Waals surface area contributed by atoms with E-state index in [1.807, 2.05) is 26.8 Å². The molecule has 21 heavy (non-hydrogen) atoms. The average Bonchev–Trinajstić information content (AvgIpc) is 2.39. The summed E-state index contributed by atoms with van der Waals surface area (Å²) in [4.78, 5) is 25.8. The van der Waals surface area contributed by atoms with Crippen LogP contribution in [0.15, 0.2) is 18.2 Å². The van der Waals surface area contributed by atoms with E-state index in [0.717, 1.165) is 18.4 Å². The van der Waals surface area contributed by atoms with Gasteiger partial charge < -0.3 is 10.0 Å². The van der Waals surface area contributed by atoms with Crippen molar-refractivity contribution in [2.45, 2.75) is 39.7 Å². The minimum atomic E-state index is -0.961. The van der Waals surface area contributed by atoms with Gasteiger partial charge in [0.15, 0.2) is 0 Å². The molecule has 1 N–H and O–H groups in total. The number of rotatable bonds is 2. The highest BCUT2D eigenvalue weighted by Gasteiger charge is 2.44. The quantitative estimate of drug-likeness (QED) is 0.911. The van der Waals surface area contributed by atoms with Gasteiger partial charge in [0.05, 0.1) is 10.6 Å². The summed E-state index contributed by atoms with van der Waals surface area (Å²) in [5.74, 6) is -1.26. The molecule has 5 heteroatoms. The van der Waals surface area contributed by atoms with E-state index in [0.29, 0.717) is 17.1 Å². The lowest BCUT2D eigenvalue weighted by molar-refractivity contribution is -0.148. The third kappa shape index (κ3) is 2.91. The van der Waals surface area contributed by atoms with E-state index in [1.54, 1.807) is 12.1 Å². The Kier molecular flexibility index (Phi) is 4.28. The van der Waals surface area contributed by atoms with Crippen LogP contribution in [0.25, 0.3) is 0 Å². The van der Waals surface area contributed by atoms with Gasteiger partial charge in [-0.25, -0.2) is 4.79 Å². The number of carboxylic acids is 1. The van der Waals surface area contributed by atoms with E-state index in [2.05, 4.69) is 0 Å². The average molecular weight is 310 g/mol. The molecule has 1 amide bonds. The van der Waals surface area contributed by atoms with Crippen molar-refractivity contribution in [2.24, 2.45) is 5.41 Å². The lowest BCUT2D eigenvalue weighted by Gasteiger charge is -2.44. The van der Waals surface area contributed by atoms with Crippen LogP contribution in [0.1, 0.15) is 42.6 Å². The Morgan fingerprint density at radius 3 is 2.67 bits per heavy atom. The molecule has 1 atom stereocenters. The number of amides is 1. The third-order valence-corrected chi connectivity index (χ3v) is 4.69. The highest BCUT2D eigenvalue weighted by molar-refractivity contribution is 6.34. The number of hydrogen-bond donors (Lipinski definition) is 1. The second-order valence-electron chi connectivity index (χ2n) is 6.27. The lowest BCUT2D eigenvalue weighted by atomic mass is 9.76. The molecule has 114 valence electrons. The van der Waals surface area contributed by atoms with Crippen LogP contribution in [0.5, 0.6) is 0 Å². The maximum atomic E-state index is 12.8. The largest absolute Gasteiger partial charge is 0.480 e. The Balaban J connectivity index is 2.41. The summed E-state index contributed by atoms with van der Waals surface area (Å²) in [7, 11) is 0. The van der Waals surface area contributed by atoms with Crippen molar-refractivity contribution in [3.63, 3.8) is 0 Å². The van der Waals surface area contributed by atoms with Gasteiger partial charge in [0.2, 0.25) is 0 Å². The summed E-state index contributed by atoms with van der Waals surface area (Å²) in [5, 5.41) is 9.94. The zero-order valence-corrected chi connectivity index (χ0v) is 13.3. The van der Waals surface area contributed by atoms with Crippen molar-refractivity contribution in [3.05, 3.63) is 34.3 Å². The summed E-state index contributed by atoms with van der Waals surface area (Å²) in [5.41, 5.74) is 0.738. The molecule has 2 rings (SSSR count). The first-order chi connectivity index (χ1) is 9.75. The molecule has 1 saturated heterocycles. The van der Waals surface area contributed by atoms with Crippen LogP contribution in [0, 0.1) is 12.3 Å². The molecule has 1 fully saturated rings. The maximum Gasteiger partial charge on any atom is 0.326 e. The second kappa shape index (κ2) is 5.68. The van der Waals surface area contributed by atoms with E-state index in [4.69, 9.17) is 11.6 Å². The second-order valence-corrected chi connectivity index (χ2v) is 6.65. The minimum Gasteiger partial charge on any atom is -0.480 e. The van der Waals surface area contributed by atoms with Crippen LogP contribution >= 0.6 is 11.6 Å². The van der Waals surface area contributed by atoms with Crippen molar-refractivity contribution in [3.8, 4) is 0 Å². The first-order valence-corrected chi connectivity index (χ1v) is 7.42.